The maximum atomic E-state index is 14.6. The molecule has 4 nitrogen and oxygen atoms in total. The van der Waals surface area contributed by atoms with Gasteiger partial charge >= 0.3 is 0 Å². The zero-order chi connectivity index (χ0) is 25.5. The van der Waals surface area contributed by atoms with Crippen LogP contribution in [0.1, 0.15) is 22.8 Å². The van der Waals surface area contributed by atoms with Gasteiger partial charge in [0, 0.05) is 22.2 Å². The van der Waals surface area contributed by atoms with Gasteiger partial charge < -0.3 is 16.2 Å². The molecule has 0 aliphatic heterocycles. The second kappa shape index (κ2) is 11.5. The van der Waals surface area contributed by atoms with E-state index >= 15 is 0 Å². The van der Waals surface area contributed by atoms with Gasteiger partial charge in [-0.15, -0.1) is 0 Å². The zero-order valence-corrected chi connectivity index (χ0v) is 20.0. The number of rotatable bonds is 7. The molecule has 4 aromatic rings. The van der Waals surface area contributed by atoms with Crippen molar-refractivity contribution < 1.29 is 14.3 Å². The van der Waals surface area contributed by atoms with Gasteiger partial charge in [0.1, 0.15) is 5.82 Å². The molecule has 180 valence electrons. The molecule has 1 unspecified atom stereocenters. The van der Waals surface area contributed by atoms with Gasteiger partial charge in [-0.25, -0.2) is 4.39 Å². The molecule has 0 heterocycles. The van der Waals surface area contributed by atoms with Crippen molar-refractivity contribution in [2.45, 2.75) is 6.10 Å². The van der Waals surface area contributed by atoms with E-state index in [-0.39, 0.29) is 5.56 Å². The minimum absolute atomic E-state index is 0.251. The smallest absolute Gasteiger partial charge is 0.248 e. The molecule has 0 bridgehead atoms. The molecule has 6 heteroatoms. The molecule has 0 saturated heterocycles. The second-order valence-electron chi connectivity index (χ2n) is 8.10. The van der Waals surface area contributed by atoms with Crippen molar-refractivity contribution in [3.8, 4) is 11.1 Å². The Kier molecular flexibility index (Phi) is 7.95. The standard InChI is InChI=1S/C30H24ClFN2O2/c31-25-9-5-4-8-24(25)29(35)16-11-20-10-12-22(26(32)18-20)14-17-30(36)34-28-15-13-23(19-27(28)33)21-6-2-1-3-7-21/h1-19,29,35H,33H2,(H,34,36)/b16-11+,17-14+. The normalized spacial score (nSPS) is 12.2. The number of hydrogen-bond acceptors (Lipinski definition) is 3. The van der Waals surface area contributed by atoms with Crippen LogP contribution in [-0.2, 0) is 4.79 Å². The van der Waals surface area contributed by atoms with Crippen molar-refractivity contribution in [3.05, 3.63) is 131 Å². The summed E-state index contributed by atoms with van der Waals surface area (Å²) in [4.78, 5) is 12.4. The highest BCUT2D eigenvalue weighted by Crippen LogP contribution is 2.27. The molecule has 36 heavy (non-hydrogen) atoms. The summed E-state index contributed by atoms with van der Waals surface area (Å²) in [5.74, 6) is -0.930. The number of nitrogens with two attached hydrogens (primary N) is 1. The van der Waals surface area contributed by atoms with Gasteiger partial charge in [-0.1, -0.05) is 90.5 Å². The van der Waals surface area contributed by atoms with Gasteiger partial charge in [0.05, 0.1) is 17.5 Å². The molecule has 4 N–H and O–H groups in total. The molecule has 0 fully saturated rings. The number of aliphatic hydroxyl groups excluding tert-OH is 1. The lowest BCUT2D eigenvalue weighted by Crippen LogP contribution is -2.09. The fraction of sp³-hybridized carbons (Fsp3) is 0.0333. The Balaban J connectivity index is 1.39. The zero-order valence-electron chi connectivity index (χ0n) is 19.2. The second-order valence-corrected chi connectivity index (χ2v) is 8.50. The molecule has 0 aliphatic carbocycles. The van der Waals surface area contributed by atoms with Crippen molar-refractivity contribution >= 4 is 41.0 Å². The summed E-state index contributed by atoms with van der Waals surface area (Å²) in [6.45, 7) is 0. The molecule has 4 rings (SSSR count). The number of halogens is 2. The maximum Gasteiger partial charge on any atom is 0.248 e. The molecule has 1 amide bonds. The van der Waals surface area contributed by atoms with E-state index < -0.39 is 17.8 Å². The van der Waals surface area contributed by atoms with E-state index in [1.807, 2.05) is 36.4 Å². The number of amides is 1. The predicted molar refractivity (Wildman–Crippen MR) is 146 cm³/mol. The Morgan fingerprint density at radius 1 is 0.917 bits per heavy atom. The van der Waals surface area contributed by atoms with Crippen LogP contribution < -0.4 is 11.1 Å². The van der Waals surface area contributed by atoms with Crippen LogP contribution >= 0.6 is 11.6 Å². The largest absolute Gasteiger partial charge is 0.397 e. The van der Waals surface area contributed by atoms with Gasteiger partial charge in [-0.3, -0.25) is 4.79 Å². The Bertz CT molecular complexity index is 1430. The molecule has 0 aliphatic rings. The highest BCUT2D eigenvalue weighted by atomic mass is 35.5. The van der Waals surface area contributed by atoms with Crippen LogP contribution in [0.3, 0.4) is 0 Å². The summed E-state index contributed by atoms with van der Waals surface area (Å²) >= 11 is 6.10. The topological polar surface area (TPSA) is 75.3 Å². The monoisotopic (exact) mass is 498 g/mol. The summed E-state index contributed by atoms with van der Waals surface area (Å²) in [7, 11) is 0. The Morgan fingerprint density at radius 2 is 1.67 bits per heavy atom. The van der Waals surface area contributed by atoms with Crippen LogP contribution in [0.4, 0.5) is 15.8 Å². The van der Waals surface area contributed by atoms with Crippen LogP contribution in [0.25, 0.3) is 23.3 Å². The first kappa shape index (κ1) is 24.9. The summed E-state index contributed by atoms with van der Waals surface area (Å²) in [5, 5.41) is 13.5. The van der Waals surface area contributed by atoms with Gasteiger partial charge in [0.25, 0.3) is 0 Å². The number of carbonyl (C=O) groups excluding carboxylic acids is 1. The molecular weight excluding hydrogens is 475 g/mol. The summed E-state index contributed by atoms with van der Waals surface area (Å²) in [6, 6.07) is 26.7. The number of hydrogen-bond donors (Lipinski definition) is 3. The van der Waals surface area contributed by atoms with E-state index in [1.165, 1.54) is 24.3 Å². The maximum absolute atomic E-state index is 14.6. The number of benzene rings is 4. The van der Waals surface area contributed by atoms with Crippen molar-refractivity contribution in [3.63, 3.8) is 0 Å². The summed E-state index contributed by atoms with van der Waals surface area (Å²) < 4.78 is 14.6. The Labute approximate surface area is 214 Å². The fourth-order valence-corrected chi connectivity index (χ4v) is 3.88. The molecule has 4 aromatic carbocycles. The lowest BCUT2D eigenvalue weighted by atomic mass is 10.0. The van der Waals surface area contributed by atoms with E-state index in [4.69, 9.17) is 17.3 Å². The summed E-state index contributed by atoms with van der Waals surface area (Å²) in [5.41, 5.74) is 10.4. The lowest BCUT2D eigenvalue weighted by Gasteiger charge is -2.09. The van der Waals surface area contributed by atoms with Gasteiger partial charge in [0.2, 0.25) is 5.91 Å². The number of anilines is 2. The third-order valence-electron chi connectivity index (χ3n) is 5.55. The molecule has 0 saturated carbocycles. The molecule has 1 atom stereocenters. The summed E-state index contributed by atoms with van der Waals surface area (Å²) in [6.07, 6.45) is 4.87. The molecule has 0 radical (unpaired) electrons. The first-order valence-electron chi connectivity index (χ1n) is 11.2. The van der Waals surface area contributed by atoms with Gasteiger partial charge in [0.15, 0.2) is 0 Å². The average molecular weight is 499 g/mol. The molecular formula is C30H24ClFN2O2. The number of nitrogen functional groups attached to an aromatic ring is 1. The van der Waals surface area contributed by atoms with Crippen LogP contribution in [-0.4, -0.2) is 11.0 Å². The lowest BCUT2D eigenvalue weighted by molar-refractivity contribution is -0.111. The highest BCUT2D eigenvalue weighted by Gasteiger charge is 2.08. The van der Waals surface area contributed by atoms with E-state index in [0.717, 1.165) is 11.1 Å². The fourth-order valence-electron chi connectivity index (χ4n) is 3.63. The van der Waals surface area contributed by atoms with Crippen molar-refractivity contribution in [2.24, 2.45) is 0 Å². The third-order valence-corrected chi connectivity index (χ3v) is 5.89. The number of nitrogens with one attached hydrogen (secondary N) is 1. The Hall–Kier alpha value is -4.19. The first-order valence-corrected chi connectivity index (χ1v) is 11.6. The quantitative estimate of drug-likeness (QED) is 0.187. The van der Waals surface area contributed by atoms with E-state index in [2.05, 4.69) is 5.32 Å². The first-order chi connectivity index (χ1) is 17.4. The van der Waals surface area contributed by atoms with Gasteiger partial charge in [-0.05, 0) is 47.0 Å². The van der Waals surface area contributed by atoms with Crippen LogP contribution in [0.15, 0.2) is 103 Å². The average Bonchev–Trinajstić information content (AvgIpc) is 2.88. The van der Waals surface area contributed by atoms with Crippen LogP contribution in [0.2, 0.25) is 5.02 Å². The van der Waals surface area contributed by atoms with E-state index in [9.17, 15) is 14.3 Å². The van der Waals surface area contributed by atoms with Crippen LogP contribution in [0.5, 0.6) is 0 Å². The predicted octanol–water partition coefficient (Wildman–Crippen LogP) is 7.13. The third kappa shape index (κ3) is 6.27. The minimum atomic E-state index is -0.917. The van der Waals surface area contributed by atoms with Crippen molar-refractivity contribution in [1.29, 1.82) is 0 Å². The Morgan fingerprint density at radius 3 is 2.39 bits per heavy atom. The van der Waals surface area contributed by atoms with E-state index in [1.54, 1.807) is 54.6 Å². The molecule has 0 spiro atoms. The van der Waals surface area contributed by atoms with Crippen molar-refractivity contribution in [1.82, 2.24) is 0 Å². The van der Waals surface area contributed by atoms with Gasteiger partial charge in [-0.2, -0.15) is 0 Å². The van der Waals surface area contributed by atoms with Crippen LogP contribution in [0, 0.1) is 5.82 Å². The number of aliphatic hydroxyl groups is 1. The number of carbonyl (C=O) groups is 1. The van der Waals surface area contributed by atoms with Crippen molar-refractivity contribution in [2.75, 3.05) is 11.1 Å². The minimum Gasteiger partial charge on any atom is -0.397 e. The SMILES string of the molecule is Nc1cc(-c2ccccc2)ccc1NC(=O)/C=C/c1ccc(/C=C/C(O)c2ccccc2Cl)cc1F. The van der Waals surface area contributed by atoms with E-state index in [0.29, 0.717) is 27.5 Å². The highest BCUT2D eigenvalue weighted by molar-refractivity contribution is 6.31. The molecule has 0 aromatic heterocycles.